The van der Waals surface area contributed by atoms with Crippen LogP contribution in [0.4, 0.5) is 0 Å². The molecule has 0 rings (SSSR count). The van der Waals surface area contributed by atoms with E-state index < -0.39 is 6.10 Å². The molecule has 0 aromatic rings. The zero-order valence-electron chi connectivity index (χ0n) is 52.2. The molecule has 6 heteroatoms. The minimum atomic E-state index is -0.807. The molecule has 0 aromatic carbocycles. The molecule has 1 unspecified atom stereocenters. The maximum atomic E-state index is 12.9. The van der Waals surface area contributed by atoms with E-state index in [4.69, 9.17) is 14.2 Å². The van der Waals surface area contributed by atoms with Gasteiger partial charge in [0.15, 0.2) is 6.10 Å². The maximum absolute atomic E-state index is 12.9. The quantitative estimate of drug-likeness (QED) is 0.0261. The Balaban J connectivity index is 4.38. The van der Waals surface area contributed by atoms with Crippen LogP contribution in [0, 0.1) is 0 Å². The fraction of sp³-hybridized carbons (Fsp3) is 0.613. The highest BCUT2D eigenvalue weighted by Gasteiger charge is 2.19. The number of carbonyl (C=O) groups excluding carboxylic acids is 3. The Kier molecular flexibility index (Phi) is 63.4. The first-order valence-corrected chi connectivity index (χ1v) is 33.0. The maximum Gasteiger partial charge on any atom is 0.306 e. The SMILES string of the molecule is CC/C=C\C/C=C\C/C=C\C/C=C\C/C=C\C/C=C\C/C=C\C/C=C\CCCCCCCCC(=O)OCC(COC(=O)CCCCC/C=C\C/C=C\C/C=C\CC)OC(=O)CCCCCCCCCCC/C=C\C/C=C\CCCCC. The van der Waals surface area contributed by atoms with Gasteiger partial charge < -0.3 is 14.2 Å². The Labute approximate surface area is 499 Å². The van der Waals surface area contributed by atoms with Gasteiger partial charge in [0.1, 0.15) is 13.2 Å². The van der Waals surface area contributed by atoms with Gasteiger partial charge in [-0.15, -0.1) is 0 Å². The van der Waals surface area contributed by atoms with Gasteiger partial charge >= 0.3 is 17.9 Å². The average molecular weight is 1120 g/mol. The van der Waals surface area contributed by atoms with Crippen LogP contribution in [0.5, 0.6) is 0 Å². The van der Waals surface area contributed by atoms with E-state index in [1.54, 1.807) is 0 Å². The van der Waals surface area contributed by atoms with Gasteiger partial charge in [0.25, 0.3) is 0 Å². The molecule has 0 saturated heterocycles. The molecule has 0 aromatic heterocycles. The monoisotopic (exact) mass is 1120 g/mol. The molecule has 81 heavy (non-hydrogen) atoms. The third-order valence-corrected chi connectivity index (χ3v) is 13.5. The van der Waals surface area contributed by atoms with Crippen molar-refractivity contribution in [1.82, 2.24) is 0 Å². The standard InChI is InChI=1S/C75H120O6/c1-4-7-10-13-16-19-22-25-27-29-31-32-33-34-35-36-37-38-39-40-41-42-44-45-47-50-53-56-59-62-65-68-74(77)80-71-72(70-79-73(76)67-64-61-58-55-52-49-24-21-18-15-12-9-6-3)81-75(78)69-66-63-60-57-54-51-48-46-43-30-28-26-23-20-17-14-11-8-5-2/h7,9-10,12,16-21,25-28,31-32,34-35,37-38,40-41,44-45,49,52,72H,4-6,8,11,13-15,22-24,29-30,33,36,39,42-43,46-48,50-51,53-71H2,1-3H3/b10-7-,12-9-,19-16-,20-17-,21-18-,27-25-,28-26-,32-31-,35-34-,38-37-,41-40-,45-44-,52-49-. The number of esters is 3. The van der Waals surface area contributed by atoms with Crippen molar-refractivity contribution in [3.05, 3.63) is 158 Å². The van der Waals surface area contributed by atoms with E-state index in [9.17, 15) is 14.4 Å². The number of hydrogen-bond acceptors (Lipinski definition) is 6. The lowest BCUT2D eigenvalue weighted by atomic mass is 10.1. The Hall–Kier alpha value is -4.97. The first kappa shape index (κ1) is 76.0. The fourth-order valence-corrected chi connectivity index (χ4v) is 8.62. The van der Waals surface area contributed by atoms with Crippen molar-refractivity contribution < 1.29 is 28.6 Å². The van der Waals surface area contributed by atoms with Crippen molar-refractivity contribution in [2.45, 2.75) is 284 Å². The molecule has 0 aliphatic rings. The summed E-state index contributed by atoms with van der Waals surface area (Å²) >= 11 is 0. The highest BCUT2D eigenvalue weighted by molar-refractivity contribution is 5.71. The van der Waals surface area contributed by atoms with Gasteiger partial charge in [-0.1, -0.05) is 269 Å². The highest BCUT2D eigenvalue weighted by atomic mass is 16.6. The molecule has 0 N–H and O–H groups in total. The lowest BCUT2D eigenvalue weighted by Crippen LogP contribution is -2.30. The zero-order chi connectivity index (χ0) is 58.5. The Morgan fingerprint density at radius 2 is 0.481 bits per heavy atom. The summed E-state index contributed by atoms with van der Waals surface area (Å²) in [5.41, 5.74) is 0. The number of hydrogen-bond donors (Lipinski definition) is 0. The normalized spacial score (nSPS) is 13.2. The van der Waals surface area contributed by atoms with Crippen LogP contribution in [0.2, 0.25) is 0 Å². The average Bonchev–Trinajstić information content (AvgIpc) is 3.46. The van der Waals surface area contributed by atoms with E-state index >= 15 is 0 Å². The van der Waals surface area contributed by atoms with Gasteiger partial charge in [-0.3, -0.25) is 14.4 Å². The van der Waals surface area contributed by atoms with Gasteiger partial charge in [-0.2, -0.15) is 0 Å². The highest BCUT2D eigenvalue weighted by Crippen LogP contribution is 2.15. The van der Waals surface area contributed by atoms with Crippen LogP contribution in [0.25, 0.3) is 0 Å². The number of allylic oxidation sites excluding steroid dienone is 26. The molecule has 0 heterocycles. The Bertz CT molecular complexity index is 1810. The summed E-state index contributed by atoms with van der Waals surface area (Å²) in [6.45, 7) is 6.35. The predicted molar refractivity (Wildman–Crippen MR) is 352 cm³/mol. The van der Waals surface area contributed by atoms with Crippen LogP contribution < -0.4 is 0 Å². The predicted octanol–water partition coefficient (Wildman–Crippen LogP) is 22.9. The molecular weight excluding hydrogens is 997 g/mol. The van der Waals surface area contributed by atoms with E-state index in [0.29, 0.717) is 19.3 Å². The third-order valence-electron chi connectivity index (χ3n) is 13.5. The van der Waals surface area contributed by atoms with E-state index in [-0.39, 0.29) is 31.1 Å². The van der Waals surface area contributed by atoms with Gasteiger partial charge in [0.2, 0.25) is 0 Å². The lowest BCUT2D eigenvalue weighted by molar-refractivity contribution is -0.167. The summed E-state index contributed by atoms with van der Waals surface area (Å²) < 4.78 is 16.9. The lowest BCUT2D eigenvalue weighted by Gasteiger charge is -2.18. The first-order valence-electron chi connectivity index (χ1n) is 33.0. The molecule has 0 aliphatic heterocycles. The molecule has 0 saturated carbocycles. The van der Waals surface area contributed by atoms with Crippen LogP contribution in [0.1, 0.15) is 278 Å². The second kappa shape index (κ2) is 67.5. The topological polar surface area (TPSA) is 78.9 Å². The van der Waals surface area contributed by atoms with E-state index in [0.717, 1.165) is 154 Å². The number of carbonyl (C=O) groups is 3. The summed E-state index contributed by atoms with van der Waals surface area (Å²) in [7, 11) is 0. The summed E-state index contributed by atoms with van der Waals surface area (Å²) in [5.74, 6) is -0.951. The van der Waals surface area contributed by atoms with Gasteiger partial charge in [0, 0.05) is 19.3 Å². The molecule has 6 nitrogen and oxygen atoms in total. The Morgan fingerprint density at radius 1 is 0.259 bits per heavy atom. The first-order chi connectivity index (χ1) is 40.0. The molecule has 456 valence electrons. The number of unbranched alkanes of at least 4 members (excludes halogenated alkanes) is 21. The van der Waals surface area contributed by atoms with Crippen LogP contribution in [-0.4, -0.2) is 37.2 Å². The molecule has 0 amide bonds. The van der Waals surface area contributed by atoms with E-state index in [1.807, 2.05) is 0 Å². The van der Waals surface area contributed by atoms with Crippen LogP contribution in [0.3, 0.4) is 0 Å². The molecule has 0 radical (unpaired) electrons. The zero-order valence-corrected chi connectivity index (χ0v) is 52.2. The summed E-state index contributed by atoms with van der Waals surface area (Å²) in [6.07, 6.45) is 98.2. The molecule has 0 aliphatic carbocycles. The van der Waals surface area contributed by atoms with Crippen LogP contribution in [-0.2, 0) is 28.6 Å². The van der Waals surface area contributed by atoms with Crippen molar-refractivity contribution in [2.75, 3.05) is 13.2 Å². The molecule has 0 fully saturated rings. The van der Waals surface area contributed by atoms with Crippen molar-refractivity contribution in [3.8, 4) is 0 Å². The van der Waals surface area contributed by atoms with Crippen molar-refractivity contribution >= 4 is 17.9 Å². The number of rotatable bonds is 58. The van der Waals surface area contributed by atoms with E-state index in [2.05, 4.69) is 179 Å². The minimum Gasteiger partial charge on any atom is -0.462 e. The molecule has 0 spiro atoms. The van der Waals surface area contributed by atoms with Gasteiger partial charge in [-0.05, 0) is 148 Å². The van der Waals surface area contributed by atoms with Crippen LogP contribution in [0.15, 0.2) is 158 Å². The molecule has 0 bridgehead atoms. The third kappa shape index (κ3) is 65.7. The van der Waals surface area contributed by atoms with Gasteiger partial charge in [0.05, 0.1) is 0 Å². The second-order valence-corrected chi connectivity index (χ2v) is 21.3. The van der Waals surface area contributed by atoms with Crippen molar-refractivity contribution in [2.24, 2.45) is 0 Å². The van der Waals surface area contributed by atoms with Crippen molar-refractivity contribution in [1.29, 1.82) is 0 Å². The van der Waals surface area contributed by atoms with Crippen molar-refractivity contribution in [3.63, 3.8) is 0 Å². The fourth-order valence-electron chi connectivity index (χ4n) is 8.62. The minimum absolute atomic E-state index is 0.103. The number of ether oxygens (including phenoxy) is 3. The molecule has 1 atom stereocenters. The summed E-state index contributed by atoms with van der Waals surface area (Å²) in [5, 5.41) is 0. The smallest absolute Gasteiger partial charge is 0.306 e. The second-order valence-electron chi connectivity index (χ2n) is 21.3. The Morgan fingerprint density at radius 3 is 0.765 bits per heavy atom. The molecular formula is C75H120O6. The van der Waals surface area contributed by atoms with Crippen LogP contribution >= 0.6 is 0 Å². The van der Waals surface area contributed by atoms with Gasteiger partial charge in [-0.25, -0.2) is 0 Å². The summed E-state index contributed by atoms with van der Waals surface area (Å²) in [4.78, 5) is 38.3. The largest absolute Gasteiger partial charge is 0.462 e. The summed E-state index contributed by atoms with van der Waals surface area (Å²) in [6, 6.07) is 0. The van der Waals surface area contributed by atoms with E-state index in [1.165, 1.54) is 83.5 Å².